The van der Waals surface area contributed by atoms with Gasteiger partial charge in [-0.2, -0.15) is 4.98 Å². The van der Waals surface area contributed by atoms with Crippen molar-refractivity contribution >= 4 is 38.6 Å². The Labute approximate surface area is 193 Å². The van der Waals surface area contributed by atoms with E-state index in [0.717, 1.165) is 5.56 Å². The van der Waals surface area contributed by atoms with Gasteiger partial charge in [-0.05, 0) is 49.4 Å². The molecule has 8 nitrogen and oxygen atoms in total. The molecular weight excluding hydrogens is 474 g/mol. The van der Waals surface area contributed by atoms with Crippen molar-refractivity contribution in [3.63, 3.8) is 0 Å². The fraction of sp³-hybridized carbons (Fsp3) is 0.143. The molecule has 11 heteroatoms. The number of anilines is 1. The van der Waals surface area contributed by atoms with E-state index >= 15 is 0 Å². The molecule has 0 saturated carbocycles. The largest absolute Gasteiger partial charge is 0.493 e. The maximum Gasteiger partial charge on any atom is 0.268 e. The summed E-state index contributed by atoms with van der Waals surface area (Å²) in [6.45, 7) is 1.72. The lowest BCUT2D eigenvalue weighted by Crippen LogP contribution is -2.13. The summed E-state index contributed by atoms with van der Waals surface area (Å²) >= 11 is 7.16. The molecule has 0 spiro atoms. The van der Waals surface area contributed by atoms with Crippen LogP contribution in [0.15, 0.2) is 57.9 Å². The summed E-state index contributed by atoms with van der Waals surface area (Å²) in [4.78, 5) is 5.64. The Balaban J connectivity index is 1.61. The second-order valence-corrected chi connectivity index (χ2v) is 9.98. The van der Waals surface area contributed by atoms with Crippen molar-refractivity contribution in [2.45, 2.75) is 11.8 Å². The van der Waals surface area contributed by atoms with Crippen molar-refractivity contribution < 1.29 is 22.4 Å². The molecular formula is C21H18ClN3O5S2. The van der Waals surface area contributed by atoms with Gasteiger partial charge in [0.2, 0.25) is 5.82 Å². The number of benzene rings is 2. The molecule has 2 heterocycles. The van der Waals surface area contributed by atoms with Crippen LogP contribution in [-0.2, 0) is 10.0 Å². The Bertz CT molecular complexity index is 1360. The number of nitrogens with zero attached hydrogens (tertiary/aromatic N) is 2. The third-order valence-electron chi connectivity index (χ3n) is 4.54. The summed E-state index contributed by atoms with van der Waals surface area (Å²) in [7, 11) is -0.878. The highest BCUT2D eigenvalue weighted by atomic mass is 35.5. The Kier molecular flexibility index (Phi) is 6.09. The van der Waals surface area contributed by atoms with Crippen LogP contribution in [0.5, 0.6) is 11.5 Å². The molecule has 2 aromatic carbocycles. The van der Waals surface area contributed by atoms with Crippen molar-refractivity contribution in [1.82, 2.24) is 10.1 Å². The number of sulfonamides is 1. The van der Waals surface area contributed by atoms with Crippen molar-refractivity contribution in [3.05, 3.63) is 58.4 Å². The Morgan fingerprint density at radius 1 is 1.03 bits per heavy atom. The second-order valence-electron chi connectivity index (χ2n) is 6.64. The van der Waals surface area contributed by atoms with Gasteiger partial charge in [-0.15, -0.1) is 11.3 Å². The van der Waals surface area contributed by atoms with Gasteiger partial charge in [0, 0.05) is 21.5 Å². The molecule has 0 unspecified atom stereocenters. The van der Waals surface area contributed by atoms with Gasteiger partial charge in [-0.25, -0.2) is 8.42 Å². The highest BCUT2D eigenvalue weighted by Gasteiger charge is 2.23. The van der Waals surface area contributed by atoms with Crippen LogP contribution in [0, 0.1) is 6.92 Å². The minimum absolute atomic E-state index is 0.124. The van der Waals surface area contributed by atoms with Crippen LogP contribution in [0.3, 0.4) is 0 Å². The highest BCUT2D eigenvalue weighted by molar-refractivity contribution is 7.93. The molecule has 2 aromatic heterocycles. The zero-order valence-corrected chi connectivity index (χ0v) is 19.6. The number of aromatic nitrogens is 2. The summed E-state index contributed by atoms with van der Waals surface area (Å²) in [6, 6.07) is 13.3. The van der Waals surface area contributed by atoms with E-state index in [9.17, 15) is 8.42 Å². The maximum absolute atomic E-state index is 13.0. The predicted molar refractivity (Wildman–Crippen MR) is 123 cm³/mol. The first-order chi connectivity index (χ1) is 15.3. The van der Waals surface area contributed by atoms with Gasteiger partial charge in [0.25, 0.3) is 15.9 Å². The summed E-state index contributed by atoms with van der Waals surface area (Å²) in [5, 5.41) is 4.58. The molecule has 0 fully saturated rings. The van der Waals surface area contributed by atoms with Crippen LogP contribution in [0.4, 0.5) is 5.69 Å². The Morgan fingerprint density at radius 3 is 2.44 bits per heavy atom. The van der Waals surface area contributed by atoms with Crippen LogP contribution < -0.4 is 14.2 Å². The predicted octanol–water partition coefficient (Wildman–Crippen LogP) is 5.24. The molecule has 4 rings (SSSR count). The fourth-order valence-electron chi connectivity index (χ4n) is 2.99. The standard InChI is InChI=1S/C21H18ClN3O5S2/c1-12-19(32(26,27)25-15-8-9-16(28-2)17(10-15)29-3)11-18(31-12)21-23-20(24-30-21)13-4-6-14(22)7-5-13/h4-11,25H,1-3H3. The minimum atomic E-state index is -3.87. The lowest BCUT2D eigenvalue weighted by Gasteiger charge is -2.11. The quantitative estimate of drug-likeness (QED) is 0.376. The molecule has 4 aromatic rings. The molecule has 0 radical (unpaired) electrons. The van der Waals surface area contributed by atoms with Gasteiger partial charge in [0.05, 0.1) is 24.8 Å². The van der Waals surface area contributed by atoms with Crippen molar-refractivity contribution in [1.29, 1.82) is 0 Å². The number of hydrogen-bond acceptors (Lipinski definition) is 8. The number of rotatable bonds is 7. The van der Waals surface area contributed by atoms with Gasteiger partial charge < -0.3 is 14.0 Å². The Morgan fingerprint density at radius 2 is 1.75 bits per heavy atom. The number of ether oxygens (including phenoxy) is 2. The molecule has 0 amide bonds. The molecule has 32 heavy (non-hydrogen) atoms. The van der Waals surface area contributed by atoms with Crippen LogP contribution in [0.2, 0.25) is 5.02 Å². The van der Waals surface area contributed by atoms with Crippen LogP contribution in [-0.4, -0.2) is 32.8 Å². The van der Waals surface area contributed by atoms with Gasteiger partial charge in [0.1, 0.15) is 4.90 Å². The zero-order chi connectivity index (χ0) is 22.9. The summed E-state index contributed by atoms with van der Waals surface area (Å²) in [5.41, 5.74) is 1.08. The fourth-order valence-corrected chi connectivity index (χ4v) is 5.68. The van der Waals surface area contributed by atoms with Crippen LogP contribution in [0.25, 0.3) is 22.2 Å². The molecule has 166 valence electrons. The monoisotopic (exact) mass is 491 g/mol. The highest BCUT2D eigenvalue weighted by Crippen LogP contribution is 2.36. The number of methoxy groups -OCH3 is 2. The smallest absolute Gasteiger partial charge is 0.268 e. The molecule has 0 aliphatic heterocycles. The third-order valence-corrected chi connectivity index (χ3v) is 7.46. The van der Waals surface area contributed by atoms with E-state index in [-0.39, 0.29) is 10.8 Å². The molecule has 0 aliphatic carbocycles. The SMILES string of the molecule is COc1ccc(NS(=O)(=O)c2cc(-c3nc(-c4ccc(Cl)cc4)no3)sc2C)cc1OC. The van der Waals surface area contributed by atoms with Gasteiger partial charge in [-0.1, -0.05) is 16.8 Å². The molecule has 1 N–H and O–H groups in total. The normalized spacial score (nSPS) is 11.4. The zero-order valence-electron chi connectivity index (χ0n) is 17.2. The van der Waals surface area contributed by atoms with E-state index in [1.165, 1.54) is 31.6 Å². The van der Waals surface area contributed by atoms with E-state index in [4.69, 9.17) is 25.6 Å². The summed E-state index contributed by atoms with van der Waals surface area (Å²) in [5.74, 6) is 1.53. The van der Waals surface area contributed by atoms with Gasteiger partial charge in [-0.3, -0.25) is 4.72 Å². The van der Waals surface area contributed by atoms with E-state index in [1.807, 2.05) is 0 Å². The van der Waals surface area contributed by atoms with E-state index in [1.54, 1.807) is 49.4 Å². The molecule has 0 atom stereocenters. The lowest BCUT2D eigenvalue weighted by atomic mass is 10.2. The van der Waals surface area contributed by atoms with Gasteiger partial charge >= 0.3 is 0 Å². The first kappa shape index (κ1) is 22.1. The summed E-state index contributed by atoms with van der Waals surface area (Å²) in [6.07, 6.45) is 0. The third kappa shape index (κ3) is 4.43. The van der Waals surface area contributed by atoms with E-state index < -0.39 is 10.0 Å². The number of nitrogens with one attached hydrogen (secondary N) is 1. The molecule has 0 bridgehead atoms. The lowest BCUT2D eigenvalue weighted by molar-refractivity contribution is 0.355. The average Bonchev–Trinajstić information content (AvgIpc) is 3.41. The van der Waals surface area contributed by atoms with E-state index in [0.29, 0.717) is 37.8 Å². The van der Waals surface area contributed by atoms with Crippen LogP contribution in [0.1, 0.15) is 4.88 Å². The maximum atomic E-state index is 13.0. The van der Waals surface area contributed by atoms with Crippen LogP contribution >= 0.6 is 22.9 Å². The van der Waals surface area contributed by atoms with Crippen molar-refractivity contribution in [2.24, 2.45) is 0 Å². The second kappa shape index (κ2) is 8.81. The average molecular weight is 492 g/mol. The van der Waals surface area contributed by atoms with Crippen molar-refractivity contribution in [2.75, 3.05) is 18.9 Å². The number of hydrogen-bond donors (Lipinski definition) is 1. The summed E-state index contributed by atoms with van der Waals surface area (Å²) < 4.78 is 44.4. The number of thiophene rings is 1. The van der Waals surface area contributed by atoms with E-state index in [2.05, 4.69) is 14.9 Å². The first-order valence-electron chi connectivity index (χ1n) is 9.26. The van der Waals surface area contributed by atoms with Gasteiger partial charge in [0.15, 0.2) is 11.5 Å². The minimum Gasteiger partial charge on any atom is -0.493 e. The Hall–Kier alpha value is -3.08. The molecule has 0 saturated heterocycles. The first-order valence-corrected chi connectivity index (χ1v) is 11.9. The molecule has 0 aliphatic rings. The number of aryl methyl sites for hydroxylation is 1. The number of halogens is 1. The van der Waals surface area contributed by atoms with Crippen molar-refractivity contribution in [3.8, 4) is 33.7 Å². The topological polar surface area (TPSA) is 104 Å².